The van der Waals surface area contributed by atoms with Crippen molar-refractivity contribution in [3.05, 3.63) is 11.6 Å². The van der Waals surface area contributed by atoms with Crippen molar-refractivity contribution in [2.24, 2.45) is 34.5 Å². The lowest BCUT2D eigenvalue weighted by atomic mass is 9.42. The van der Waals surface area contributed by atoms with Crippen molar-refractivity contribution in [1.82, 2.24) is 10.2 Å². The third kappa shape index (κ3) is 4.00. The van der Waals surface area contributed by atoms with Gasteiger partial charge in [0, 0.05) is 30.6 Å². The van der Waals surface area contributed by atoms with Gasteiger partial charge in [-0.15, -0.1) is 0 Å². The van der Waals surface area contributed by atoms with E-state index in [1.54, 1.807) is 6.08 Å². The van der Waals surface area contributed by atoms with Crippen LogP contribution in [0.4, 0.5) is 0 Å². The van der Waals surface area contributed by atoms with Crippen LogP contribution in [-0.4, -0.2) is 84.2 Å². The number of nitrogens with one attached hydrogen (secondary N) is 1. The Hall–Kier alpha value is -1.48. The highest BCUT2D eigenvalue weighted by Crippen LogP contribution is 2.69. The molecule has 8 heteroatoms. The fourth-order valence-electron chi connectivity index (χ4n) is 9.76. The first-order valence-corrected chi connectivity index (χ1v) is 14.5. The number of carbonyl (C=O) groups is 2. The zero-order valence-corrected chi connectivity index (χ0v) is 22.4. The maximum Gasteiger partial charge on any atom is 0.331 e. The van der Waals surface area contributed by atoms with Crippen molar-refractivity contribution in [2.45, 2.75) is 83.0 Å². The number of aliphatic hydroxyl groups is 2. The van der Waals surface area contributed by atoms with Crippen LogP contribution in [0, 0.1) is 34.5 Å². The third-order valence-electron chi connectivity index (χ3n) is 11.9. The van der Waals surface area contributed by atoms with E-state index < -0.39 is 17.1 Å². The minimum atomic E-state index is -0.941. The average Bonchev–Trinajstić information content (AvgIpc) is 3.42. The Morgan fingerprint density at radius 3 is 2.62 bits per heavy atom. The Morgan fingerprint density at radius 2 is 1.89 bits per heavy atom. The molecule has 4 aliphatic carbocycles. The second kappa shape index (κ2) is 9.32. The number of aliphatic hydroxyl groups excluding tert-OH is 1. The topological polar surface area (TPSA) is 108 Å². The summed E-state index contributed by atoms with van der Waals surface area (Å²) in [5.41, 5.74) is -0.615. The molecule has 9 atom stereocenters. The number of cyclic esters (lactones) is 1. The maximum absolute atomic E-state index is 12.8. The second-order valence-electron chi connectivity index (χ2n) is 13.3. The number of hydrogen-bond donors (Lipinski definition) is 3. The van der Waals surface area contributed by atoms with Crippen LogP contribution >= 0.6 is 0 Å². The summed E-state index contributed by atoms with van der Waals surface area (Å²) < 4.78 is 10.6. The van der Waals surface area contributed by atoms with Gasteiger partial charge >= 0.3 is 5.97 Å². The van der Waals surface area contributed by atoms with E-state index in [0.29, 0.717) is 38.5 Å². The normalized spacial score (nSPS) is 47.9. The molecular weight excluding hydrogens is 472 g/mol. The van der Waals surface area contributed by atoms with Crippen molar-refractivity contribution < 1.29 is 29.3 Å². The summed E-state index contributed by atoms with van der Waals surface area (Å²) in [6.45, 7) is 8.19. The summed E-state index contributed by atoms with van der Waals surface area (Å²) >= 11 is 0. The quantitative estimate of drug-likeness (QED) is 0.491. The Balaban J connectivity index is 1.15. The molecule has 37 heavy (non-hydrogen) atoms. The fourth-order valence-corrected chi connectivity index (χ4v) is 9.76. The van der Waals surface area contributed by atoms with Gasteiger partial charge in [-0.3, -0.25) is 9.69 Å². The summed E-state index contributed by atoms with van der Waals surface area (Å²) in [6.07, 6.45) is 8.07. The van der Waals surface area contributed by atoms with Crippen molar-refractivity contribution in [1.29, 1.82) is 0 Å². The summed E-state index contributed by atoms with van der Waals surface area (Å²) in [5, 5.41) is 27.4. The van der Waals surface area contributed by atoms with Crippen LogP contribution in [0.5, 0.6) is 0 Å². The average molecular weight is 517 g/mol. The molecule has 206 valence electrons. The zero-order valence-electron chi connectivity index (χ0n) is 22.4. The standard InChI is InChI=1S/C29H44N2O6/c1-27-7-5-20(30-25(33)16-31-9-11-36-12-10-31)14-19(27)3-4-22-23(27)15-24(32)28(2)21(6-8-29(22,28)35)18-13-26(34)37-17-18/h13,19-24,32,35H,3-12,14-17H2,1-2H3,(H,30,33)/t19-,20+,21-,22-,23+,24-,27+,28+,29+/m1/s1. The van der Waals surface area contributed by atoms with Crippen molar-refractivity contribution >= 4 is 11.9 Å². The number of hydrogen-bond acceptors (Lipinski definition) is 7. The molecule has 2 heterocycles. The molecule has 0 aromatic heterocycles. The first kappa shape index (κ1) is 25.8. The number of fused-ring (bicyclic) bond motifs is 5. The molecule has 6 aliphatic rings. The van der Waals surface area contributed by atoms with E-state index in [4.69, 9.17) is 9.47 Å². The van der Waals surface area contributed by atoms with Gasteiger partial charge < -0.3 is 25.0 Å². The van der Waals surface area contributed by atoms with Gasteiger partial charge in [0.05, 0.1) is 31.5 Å². The van der Waals surface area contributed by atoms with Gasteiger partial charge in [-0.25, -0.2) is 4.79 Å². The number of rotatable bonds is 4. The predicted molar refractivity (Wildman–Crippen MR) is 136 cm³/mol. The molecule has 0 spiro atoms. The summed E-state index contributed by atoms with van der Waals surface area (Å²) in [7, 11) is 0. The van der Waals surface area contributed by atoms with Gasteiger partial charge in [0.2, 0.25) is 5.91 Å². The molecule has 0 bridgehead atoms. The SMILES string of the molecule is C[C@]12CC[C@H](NC(=O)CN3CCOCC3)C[C@H]1CC[C@@H]1[C@@H]2C[C@@H](O)[C@]2(C)[C@@H](C3=CC(=O)OC3)CC[C@]12O. The van der Waals surface area contributed by atoms with Crippen LogP contribution in [0.1, 0.15) is 65.2 Å². The number of nitrogens with zero attached hydrogens (tertiary/aromatic N) is 1. The molecule has 8 nitrogen and oxygen atoms in total. The highest BCUT2D eigenvalue weighted by atomic mass is 16.5. The molecule has 5 fully saturated rings. The number of amides is 1. The van der Waals surface area contributed by atoms with E-state index in [1.165, 1.54) is 0 Å². The molecule has 1 amide bonds. The van der Waals surface area contributed by atoms with Gasteiger partial charge in [0.25, 0.3) is 0 Å². The minimum Gasteiger partial charge on any atom is -0.458 e. The van der Waals surface area contributed by atoms with Gasteiger partial charge in [-0.05, 0) is 86.0 Å². The predicted octanol–water partition coefficient (Wildman–Crippen LogP) is 2.03. The van der Waals surface area contributed by atoms with E-state index in [2.05, 4.69) is 24.1 Å². The van der Waals surface area contributed by atoms with E-state index in [-0.39, 0.29) is 47.7 Å². The molecule has 0 aromatic rings. The lowest BCUT2D eigenvalue weighted by Crippen LogP contribution is -2.67. The Bertz CT molecular complexity index is 964. The van der Waals surface area contributed by atoms with Crippen molar-refractivity contribution in [3.63, 3.8) is 0 Å². The third-order valence-corrected chi connectivity index (χ3v) is 11.9. The van der Waals surface area contributed by atoms with Gasteiger partial charge in [-0.1, -0.05) is 13.8 Å². The van der Waals surface area contributed by atoms with Gasteiger partial charge in [0.15, 0.2) is 0 Å². The van der Waals surface area contributed by atoms with Crippen LogP contribution in [0.2, 0.25) is 0 Å². The van der Waals surface area contributed by atoms with Crippen molar-refractivity contribution in [2.75, 3.05) is 39.5 Å². The Labute approximate surface area is 220 Å². The maximum atomic E-state index is 12.8. The molecule has 0 aromatic carbocycles. The molecule has 4 saturated carbocycles. The first-order valence-electron chi connectivity index (χ1n) is 14.5. The van der Waals surface area contributed by atoms with Gasteiger partial charge in [-0.2, -0.15) is 0 Å². The van der Waals surface area contributed by atoms with Crippen LogP contribution in [0.3, 0.4) is 0 Å². The largest absolute Gasteiger partial charge is 0.458 e. The molecular formula is C29H44N2O6. The van der Waals surface area contributed by atoms with E-state index in [9.17, 15) is 19.8 Å². The second-order valence-corrected chi connectivity index (χ2v) is 13.3. The highest BCUT2D eigenvalue weighted by Gasteiger charge is 2.70. The minimum absolute atomic E-state index is 0.0251. The number of esters is 1. The Kier molecular flexibility index (Phi) is 6.49. The monoisotopic (exact) mass is 516 g/mol. The zero-order chi connectivity index (χ0) is 26.0. The molecule has 1 saturated heterocycles. The van der Waals surface area contributed by atoms with E-state index >= 15 is 0 Å². The number of ether oxygens (including phenoxy) is 2. The summed E-state index contributed by atoms with van der Waals surface area (Å²) in [6, 6.07) is 0.202. The molecule has 3 N–H and O–H groups in total. The van der Waals surface area contributed by atoms with Crippen LogP contribution in [0.25, 0.3) is 0 Å². The highest BCUT2D eigenvalue weighted by molar-refractivity contribution is 5.85. The molecule has 6 rings (SSSR count). The first-order chi connectivity index (χ1) is 17.6. The smallest absolute Gasteiger partial charge is 0.331 e. The lowest BCUT2D eigenvalue weighted by molar-refractivity contribution is -0.243. The van der Waals surface area contributed by atoms with Gasteiger partial charge in [0.1, 0.15) is 6.61 Å². The summed E-state index contributed by atoms with van der Waals surface area (Å²) in [4.78, 5) is 26.7. The van der Waals surface area contributed by atoms with Crippen LogP contribution in [0.15, 0.2) is 11.6 Å². The van der Waals surface area contributed by atoms with Crippen LogP contribution in [-0.2, 0) is 19.1 Å². The van der Waals surface area contributed by atoms with Crippen LogP contribution < -0.4 is 5.32 Å². The molecule has 0 unspecified atom stereocenters. The Morgan fingerprint density at radius 1 is 1.11 bits per heavy atom. The number of morpholine rings is 1. The molecule has 0 radical (unpaired) electrons. The van der Waals surface area contributed by atoms with E-state index in [0.717, 1.165) is 57.2 Å². The lowest BCUT2D eigenvalue weighted by Gasteiger charge is -2.65. The molecule has 2 aliphatic heterocycles. The fraction of sp³-hybridized carbons (Fsp3) is 0.862. The summed E-state index contributed by atoms with van der Waals surface area (Å²) in [5.74, 6) is 0.679. The van der Waals surface area contributed by atoms with Crippen molar-refractivity contribution in [3.8, 4) is 0 Å². The number of carbonyl (C=O) groups excluding carboxylic acids is 2. The van der Waals surface area contributed by atoms with E-state index in [1.807, 2.05) is 0 Å².